The number of carbonyl (C=O) groups is 1. The molecule has 0 aliphatic rings. The Morgan fingerprint density at radius 2 is 1.96 bits per heavy atom. The van der Waals surface area contributed by atoms with E-state index in [-0.39, 0.29) is 12.5 Å². The van der Waals surface area contributed by atoms with Crippen molar-refractivity contribution in [3.8, 4) is 11.3 Å². The quantitative estimate of drug-likeness (QED) is 0.711. The molecule has 0 radical (unpaired) electrons. The number of thiazole rings is 1. The largest absolute Gasteiger partial charge is 0.339 e. The molecule has 0 unspecified atom stereocenters. The number of aromatic nitrogens is 2. The predicted octanol–water partition coefficient (Wildman–Crippen LogP) is 3.70. The molecule has 25 heavy (non-hydrogen) atoms. The number of hydrazine groups is 1. The van der Waals surface area contributed by atoms with Gasteiger partial charge in [0.05, 0.1) is 16.4 Å². The molecule has 0 fully saturated rings. The molecule has 0 saturated heterocycles. The molecule has 0 spiro atoms. The number of carbonyl (C=O) groups excluding carboxylic acids is 1. The zero-order chi connectivity index (χ0) is 18.0. The highest BCUT2D eigenvalue weighted by molar-refractivity contribution is 7.09. The fourth-order valence-electron chi connectivity index (χ4n) is 2.87. The van der Waals surface area contributed by atoms with Gasteiger partial charge in [0.1, 0.15) is 6.54 Å². The number of nitrogens with zero attached hydrogens (tertiary/aromatic N) is 3. The van der Waals surface area contributed by atoms with Gasteiger partial charge in [-0.2, -0.15) is 0 Å². The number of hydrogen-bond acceptors (Lipinski definition) is 4. The number of amides is 1. The van der Waals surface area contributed by atoms with Crippen LogP contribution in [0.25, 0.3) is 11.3 Å². The van der Waals surface area contributed by atoms with Crippen molar-refractivity contribution < 1.29 is 4.79 Å². The van der Waals surface area contributed by atoms with Crippen LogP contribution in [0.3, 0.4) is 0 Å². The van der Waals surface area contributed by atoms with Crippen LogP contribution in [-0.2, 0) is 11.3 Å². The van der Waals surface area contributed by atoms with Gasteiger partial charge < -0.3 is 4.57 Å². The molecule has 1 aromatic carbocycles. The van der Waals surface area contributed by atoms with Crippen molar-refractivity contribution in [2.75, 3.05) is 12.1 Å². The van der Waals surface area contributed by atoms with Crippen LogP contribution in [0.2, 0.25) is 0 Å². The zero-order valence-electron chi connectivity index (χ0n) is 14.9. The molecule has 0 bridgehead atoms. The van der Waals surface area contributed by atoms with Crippen LogP contribution < -0.4 is 10.4 Å². The maximum absolute atomic E-state index is 12.5. The van der Waals surface area contributed by atoms with Gasteiger partial charge in [-0.05, 0) is 39.0 Å². The van der Waals surface area contributed by atoms with Crippen molar-refractivity contribution in [2.45, 2.75) is 27.3 Å². The van der Waals surface area contributed by atoms with E-state index >= 15 is 0 Å². The van der Waals surface area contributed by atoms with Gasteiger partial charge in [0, 0.05) is 29.4 Å². The van der Waals surface area contributed by atoms with Gasteiger partial charge >= 0.3 is 0 Å². The summed E-state index contributed by atoms with van der Waals surface area (Å²) < 4.78 is 2.03. The Morgan fingerprint density at radius 1 is 1.24 bits per heavy atom. The lowest BCUT2D eigenvalue weighted by Crippen LogP contribution is -2.41. The highest BCUT2D eigenvalue weighted by Gasteiger charge is 2.15. The molecular weight excluding hydrogens is 332 g/mol. The SMILES string of the molecule is Cc1nc(-c2cc(C)n(CC(=O)NN(C)c3ccccc3)c2C)cs1. The molecule has 1 amide bonds. The lowest BCUT2D eigenvalue weighted by atomic mass is 10.2. The minimum Gasteiger partial charge on any atom is -0.339 e. The second kappa shape index (κ2) is 7.11. The fraction of sp³-hybridized carbons (Fsp3) is 0.263. The number of nitrogens with one attached hydrogen (secondary N) is 1. The Bertz CT molecular complexity index is 882. The minimum absolute atomic E-state index is 0.0610. The third-order valence-electron chi connectivity index (χ3n) is 4.21. The van der Waals surface area contributed by atoms with Gasteiger partial charge in [-0.25, -0.2) is 4.98 Å². The monoisotopic (exact) mass is 354 g/mol. The molecule has 0 atom stereocenters. The number of rotatable bonds is 5. The van der Waals surface area contributed by atoms with Gasteiger partial charge in [0.15, 0.2) is 0 Å². The van der Waals surface area contributed by atoms with Crippen LogP contribution in [-0.4, -0.2) is 22.5 Å². The predicted molar refractivity (Wildman–Crippen MR) is 103 cm³/mol. The number of anilines is 1. The second-order valence-electron chi connectivity index (χ2n) is 6.05. The zero-order valence-corrected chi connectivity index (χ0v) is 15.7. The van der Waals surface area contributed by atoms with Gasteiger partial charge in [-0.3, -0.25) is 15.2 Å². The Hall–Kier alpha value is -2.60. The van der Waals surface area contributed by atoms with Crippen molar-refractivity contribution in [3.05, 3.63) is 58.2 Å². The summed E-state index contributed by atoms with van der Waals surface area (Å²) in [6, 6.07) is 11.8. The molecule has 2 aromatic heterocycles. The first-order valence-electron chi connectivity index (χ1n) is 8.13. The minimum atomic E-state index is -0.0610. The molecule has 0 saturated carbocycles. The number of para-hydroxylation sites is 1. The molecule has 3 rings (SSSR count). The molecule has 0 aliphatic heterocycles. The van der Waals surface area contributed by atoms with Gasteiger partial charge in [-0.15, -0.1) is 11.3 Å². The summed E-state index contributed by atoms with van der Waals surface area (Å²) in [7, 11) is 1.84. The second-order valence-corrected chi connectivity index (χ2v) is 7.11. The molecular formula is C19H22N4OS. The van der Waals surface area contributed by atoms with Crippen molar-refractivity contribution in [3.63, 3.8) is 0 Å². The molecule has 1 N–H and O–H groups in total. The summed E-state index contributed by atoms with van der Waals surface area (Å²) in [6.07, 6.45) is 0. The summed E-state index contributed by atoms with van der Waals surface area (Å²) in [5, 5.41) is 4.84. The van der Waals surface area contributed by atoms with E-state index in [1.165, 1.54) is 0 Å². The fourth-order valence-corrected chi connectivity index (χ4v) is 3.49. The summed E-state index contributed by atoms with van der Waals surface area (Å²) in [5.41, 5.74) is 8.02. The summed E-state index contributed by atoms with van der Waals surface area (Å²) in [5.74, 6) is -0.0610. The first-order valence-corrected chi connectivity index (χ1v) is 9.01. The van der Waals surface area contributed by atoms with Crippen LogP contribution >= 0.6 is 11.3 Å². The van der Waals surface area contributed by atoms with Crippen LogP contribution in [0.1, 0.15) is 16.4 Å². The first-order chi connectivity index (χ1) is 12.0. The Kier molecular flexibility index (Phi) is 4.90. The lowest BCUT2D eigenvalue weighted by Gasteiger charge is -2.21. The standard InChI is InChI=1S/C19H22N4OS/c1-13-10-17(18-12-25-15(3)20-18)14(2)23(13)11-19(24)21-22(4)16-8-6-5-7-9-16/h5-10,12H,11H2,1-4H3,(H,21,24). The van der Waals surface area contributed by atoms with Crippen LogP contribution in [0, 0.1) is 20.8 Å². The maximum atomic E-state index is 12.5. The summed E-state index contributed by atoms with van der Waals surface area (Å²) >= 11 is 1.64. The first kappa shape index (κ1) is 17.2. The molecule has 6 heteroatoms. The van der Waals surface area contributed by atoms with Gasteiger partial charge in [0.2, 0.25) is 0 Å². The van der Waals surface area contributed by atoms with Crippen molar-refractivity contribution in [2.24, 2.45) is 0 Å². The van der Waals surface area contributed by atoms with Crippen LogP contribution in [0.15, 0.2) is 41.8 Å². The molecule has 2 heterocycles. The topological polar surface area (TPSA) is 50.2 Å². The molecule has 3 aromatic rings. The molecule has 0 aliphatic carbocycles. The van der Waals surface area contributed by atoms with Crippen molar-refractivity contribution >= 4 is 22.9 Å². The van der Waals surface area contributed by atoms with Crippen molar-refractivity contribution in [1.82, 2.24) is 15.0 Å². The molecule has 5 nitrogen and oxygen atoms in total. The number of aryl methyl sites for hydroxylation is 2. The molecule has 130 valence electrons. The van der Waals surface area contributed by atoms with E-state index in [1.54, 1.807) is 16.3 Å². The smallest absolute Gasteiger partial charge is 0.258 e. The van der Waals surface area contributed by atoms with E-state index in [4.69, 9.17) is 0 Å². The van der Waals surface area contributed by atoms with Crippen LogP contribution in [0.5, 0.6) is 0 Å². The summed E-state index contributed by atoms with van der Waals surface area (Å²) in [4.78, 5) is 17.0. The van der Waals surface area contributed by atoms with E-state index < -0.39 is 0 Å². The third kappa shape index (κ3) is 3.74. The van der Waals surface area contributed by atoms with E-state index in [0.717, 1.165) is 33.3 Å². The normalized spacial score (nSPS) is 10.7. The third-order valence-corrected chi connectivity index (χ3v) is 4.98. The Labute approximate surface area is 151 Å². The Balaban J connectivity index is 1.74. The number of benzene rings is 1. The number of hydrogen-bond donors (Lipinski definition) is 1. The van der Waals surface area contributed by atoms with E-state index in [0.29, 0.717) is 0 Å². The van der Waals surface area contributed by atoms with Gasteiger partial charge in [0.25, 0.3) is 5.91 Å². The average molecular weight is 354 g/mol. The highest BCUT2D eigenvalue weighted by Crippen LogP contribution is 2.27. The van der Waals surface area contributed by atoms with Crippen molar-refractivity contribution in [1.29, 1.82) is 0 Å². The van der Waals surface area contributed by atoms with E-state index in [1.807, 2.05) is 62.7 Å². The highest BCUT2D eigenvalue weighted by atomic mass is 32.1. The maximum Gasteiger partial charge on any atom is 0.258 e. The van der Waals surface area contributed by atoms with Gasteiger partial charge in [-0.1, -0.05) is 18.2 Å². The summed E-state index contributed by atoms with van der Waals surface area (Å²) in [6.45, 7) is 6.33. The average Bonchev–Trinajstić information content (AvgIpc) is 3.14. The lowest BCUT2D eigenvalue weighted by molar-refractivity contribution is -0.121. The van der Waals surface area contributed by atoms with Crippen LogP contribution in [0.4, 0.5) is 5.69 Å². The van der Waals surface area contributed by atoms with E-state index in [2.05, 4.69) is 21.9 Å². The Morgan fingerprint density at radius 3 is 2.60 bits per heavy atom. The van der Waals surface area contributed by atoms with E-state index in [9.17, 15) is 4.79 Å².